The van der Waals surface area contributed by atoms with Gasteiger partial charge in [0.05, 0.1) is 17.0 Å². The monoisotopic (exact) mass is 349 g/mol. The number of para-hydroxylation sites is 1. The van der Waals surface area contributed by atoms with E-state index in [1.165, 1.54) is 17.3 Å². The first-order chi connectivity index (χ1) is 12.2. The van der Waals surface area contributed by atoms with Crippen LogP contribution in [-0.4, -0.2) is 30.2 Å². The third kappa shape index (κ3) is 3.16. The molecule has 7 nitrogen and oxygen atoms in total. The van der Waals surface area contributed by atoms with Crippen LogP contribution in [0.2, 0.25) is 0 Å². The minimum absolute atomic E-state index is 0.485. The summed E-state index contributed by atoms with van der Waals surface area (Å²) in [5, 5.41) is 13.5. The second kappa shape index (κ2) is 6.48. The number of fused-ring (bicyclic) bond motifs is 1. The Labute approximate surface area is 148 Å². The molecule has 2 N–H and O–H groups in total. The number of rotatable bonds is 4. The summed E-state index contributed by atoms with van der Waals surface area (Å²) in [5.74, 6) is 1.67. The van der Waals surface area contributed by atoms with Gasteiger partial charge in [0.1, 0.15) is 11.6 Å². The van der Waals surface area contributed by atoms with Crippen LogP contribution in [0.1, 0.15) is 11.4 Å². The summed E-state index contributed by atoms with van der Waals surface area (Å²) in [6, 6.07) is 15.7. The first-order valence-electron chi connectivity index (χ1n) is 7.70. The van der Waals surface area contributed by atoms with Crippen LogP contribution < -0.4 is 5.73 Å². The Morgan fingerprint density at radius 2 is 1.84 bits per heavy atom. The van der Waals surface area contributed by atoms with Crippen molar-refractivity contribution in [2.24, 2.45) is 0 Å². The van der Waals surface area contributed by atoms with E-state index in [0.29, 0.717) is 22.6 Å². The molecule has 0 spiro atoms. The number of thioether (sulfide) groups is 1. The molecule has 2 aromatic carbocycles. The fourth-order valence-electron chi connectivity index (χ4n) is 2.46. The van der Waals surface area contributed by atoms with Crippen LogP contribution in [0.25, 0.3) is 16.6 Å². The summed E-state index contributed by atoms with van der Waals surface area (Å²) < 4.78 is 1.70. The number of aromatic nitrogens is 6. The second-order valence-electron chi connectivity index (χ2n) is 5.54. The molecule has 0 aliphatic rings. The van der Waals surface area contributed by atoms with Crippen LogP contribution in [0.15, 0.2) is 53.7 Å². The number of anilines is 1. The van der Waals surface area contributed by atoms with Crippen LogP contribution >= 0.6 is 11.8 Å². The first-order valence-corrected chi connectivity index (χ1v) is 8.68. The molecule has 124 valence electrons. The molecule has 0 unspecified atom stereocenters. The minimum atomic E-state index is 0.485. The molecule has 4 rings (SSSR count). The van der Waals surface area contributed by atoms with E-state index in [2.05, 4.69) is 25.5 Å². The van der Waals surface area contributed by atoms with Crippen LogP contribution in [0, 0.1) is 6.92 Å². The average molecular weight is 349 g/mol. The molecule has 0 amide bonds. The van der Waals surface area contributed by atoms with Crippen LogP contribution in [-0.2, 0) is 5.75 Å². The molecule has 0 atom stereocenters. The van der Waals surface area contributed by atoms with Gasteiger partial charge in [-0.15, -0.1) is 5.10 Å². The van der Waals surface area contributed by atoms with Gasteiger partial charge in [0.15, 0.2) is 0 Å². The highest BCUT2D eigenvalue weighted by atomic mass is 32.2. The molecule has 0 bridgehead atoms. The van der Waals surface area contributed by atoms with E-state index in [4.69, 9.17) is 5.73 Å². The van der Waals surface area contributed by atoms with Crippen LogP contribution in [0.4, 0.5) is 5.82 Å². The maximum Gasteiger partial charge on any atom is 0.214 e. The third-order valence-electron chi connectivity index (χ3n) is 3.73. The van der Waals surface area contributed by atoms with Gasteiger partial charge in [-0.25, -0.2) is 9.97 Å². The SMILES string of the molecule is Cc1ccc(-n2nnnc2SCc2nc(N)c3ccccc3n2)cc1. The molecule has 8 heteroatoms. The standard InChI is InChI=1S/C17H15N7S/c1-11-6-8-12(9-7-11)24-17(21-22-23-24)25-10-15-19-14-5-3-2-4-13(14)16(18)20-15/h2-9H,10H2,1H3,(H2,18,19,20). The number of benzene rings is 2. The van der Waals surface area contributed by atoms with Crippen molar-refractivity contribution in [2.45, 2.75) is 17.8 Å². The molecule has 4 aromatic rings. The van der Waals surface area contributed by atoms with Gasteiger partial charge < -0.3 is 5.73 Å². The highest BCUT2D eigenvalue weighted by Crippen LogP contribution is 2.24. The fourth-order valence-corrected chi connectivity index (χ4v) is 3.21. The minimum Gasteiger partial charge on any atom is -0.383 e. The molecule has 0 saturated carbocycles. The second-order valence-corrected chi connectivity index (χ2v) is 6.48. The zero-order chi connectivity index (χ0) is 17.2. The number of aryl methyl sites for hydroxylation is 1. The van der Waals surface area contributed by atoms with Crippen molar-refractivity contribution in [1.29, 1.82) is 0 Å². The lowest BCUT2D eigenvalue weighted by molar-refractivity contribution is 0.756. The van der Waals surface area contributed by atoms with Crippen molar-refractivity contribution in [3.05, 3.63) is 59.9 Å². The molecule has 0 saturated heterocycles. The van der Waals surface area contributed by atoms with E-state index in [1.54, 1.807) is 4.68 Å². The maximum absolute atomic E-state index is 6.04. The Morgan fingerprint density at radius 1 is 1.04 bits per heavy atom. The molecule has 0 fully saturated rings. The molecule has 25 heavy (non-hydrogen) atoms. The number of hydrogen-bond acceptors (Lipinski definition) is 7. The highest BCUT2D eigenvalue weighted by Gasteiger charge is 2.11. The summed E-state index contributed by atoms with van der Waals surface area (Å²) in [6.07, 6.45) is 0. The van der Waals surface area contributed by atoms with E-state index < -0.39 is 0 Å². The maximum atomic E-state index is 6.04. The van der Waals surface area contributed by atoms with Gasteiger partial charge in [0, 0.05) is 5.39 Å². The third-order valence-corrected chi connectivity index (χ3v) is 4.64. The smallest absolute Gasteiger partial charge is 0.214 e. The van der Waals surface area contributed by atoms with Crippen LogP contribution in [0.5, 0.6) is 0 Å². The van der Waals surface area contributed by atoms with Gasteiger partial charge in [0.2, 0.25) is 5.16 Å². The number of hydrogen-bond donors (Lipinski definition) is 1. The number of nitrogen functional groups attached to an aromatic ring is 1. The van der Waals surface area contributed by atoms with Gasteiger partial charge in [-0.2, -0.15) is 4.68 Å². The predicted molar refractivity (Wildman–Crippen MR) is 97.4 cm³/mol. The lowest BCUT2D eigenvalue weighted by Gasteiger charge is -2.06. The number of nitrogens with zero attached hydrogens (tertiary/aromatic N) is 6. The van der Waals surface area contributed by atoms with Crippen molar-refractivity contribution >= 4 is 28.5 Å². The van der Waals surface area contributed by atoms with E-state index >= 15 is 0 Å². The quantitative estimate of drug-likeness (QED) is 0.566. The van der Waals surface area contributed by atoms with Gasteiger partial charge in [-0.1, -0.05) is 41.6 Å². The highest BCUT2D eigenvalue weighted by molar-refractivity contribution is 7.98. The van der Waals surface area contributed by atoms with Gasteiger partial charge in [-0.05, 0) is 41.6 Å². The molecule has 0 aliphatic heterocycles. The average Bonchev–Trinajstić information content (AvgIpc) is 3.09. The molecule has 0 aliphatic carbocycles. The molecular weight excluding hydrogens is 334 g/mol. The zero-order valence-electron chi connectivity index (χ0n) is 13.5. The van der Waals surface area contributed by atoms with Crippen molar-refractivity contribution in [3.63, 3.8) is 0 Å². The predicted octanol–water partition coefficient (Wildman–Crippen LogP) is 2.79. The molecular formula is C17H15N7S. The Bertz CT molecular complexity index is 1030. The van der Waals surface area contributed by atoms with Crippen molar-refractivity contribution in [2.75, 3.05) is 5.73 Å². The molecule has 2 aromatic heterocycles. The molecule has 2 heterocycles. The summed E-state index contributed by atoms with van der Waals surface area (Å²) in [7, 11) is 0. The van der Waals surface area contributed by atoms with Crippen molar-refractivity contribution in [3.8, 4) is 5.69 Å². The van der Waals surface area contributed by atoms with E-state index in [0.717, 1.165) is 16.6 Å². The van der Waals surface area contributed by atoms with Crippen molar-refractivity contribution < 1.29 is 0 Å². The van der Waals surface area contributed by atoms with E-state index in [9.17, 15) is 0 Å². The topological polar surface area (TPSA) is 95.4 Å². The van der Waals surface area contributed by atoms with Crippen LogP contribution in [0.3, 0.4) is 0 Å². The van der Waals surface area contributed by atoms with Gasteiger partial charge in [-0.3, -0.25) is 0 Å². The van der Waals surface area contributed by atoms with E-state index in [-0.39, 0.29) is 0 Å². The molecule has 0 radical (unpaired) electrons. The normalized spacial score (nSPS) is 11.1. The Hall–Kier alpha value is -3.00. The number of tetrazole rings is 1. The number of nitrogens with two attached hydrogens (primary N) is 1. The summed E-state index contributed by atoms with van der Waals surface area (Å²) in [5.41, 5.74) is 8.97. The Balaban J connectivity index is 1.58. The zero-order valence-corrected chi connectivity index (χ0v) is 14.3. The van der Waals surface area contributed by atoms with E-state index in [1.807, 2.05) is 55.5 Å². The van der Waals surface area contributed by atoms with Crippen molar-refractivity contribution in [1.82, 2.24) is 30.2 Å². The Morgan fingerprint density at radius 3 is 2.68 bits per heavy atom. The Kier molecular flexibility index (Phi) is 4.02. The summed E-state index contributed by atoms with van der Waals surface area (Å²) in [4.78, 5) is 8.94. The first kappa shape index (κ1) is 15.5. The van der Waals surface area contributed by atoms with Gasteiger partial charge >= 0.3 is 0 Å². The van der Waals surface area contributed by atoms with Gasteiger partial charge in [0.25, 0.3) is 0 Å². The lowest BCUT2D eigenvalue weighted by atomic mass is 10.2. The largest absolute Gasteiger partial charge is 0.383 e. The lowest BCUT2D eigenvalue weighted by Crippen LogP contribution is -2.02. The fraction of sp³-hybridized carbons (Fsp3) is 0.118. The summed E-state index contributed by atoms with van der Waals surface area (Å²) >= 11 is 1.47. The summed E-state index contributed by atoms with van der Waals surface area (Å²) in [6.45, 7) is 2.04.